The highest BCUT2D eigenvalue weighted by atomic mass is 79.9. The van der Waals surface area contributed by atoms with Crippen LogP contribution in [0.1, 0.15) is 18.9 Å². The highest BCUT2D eigenvalue weighted by Gasteiger charge is 2.25. The minimum absolute atomic E-state index is 0.291. The van der Waals surface area contributed by atoms with Crippen molar-refractivity contribution in [1.29, 1.82) is 0 Å². The summed E-state index contributed by atoms with van der Waals surface area (Å²) in [7, 11) is 0. The predicted molar refractivity (Wildman–Crippen MR) is 79.8 cm³/mol. The van der Waals surface area contributed by atoms with Crippen molar-refractivity contribution in [3.63, 3.8) is 0 Å². The number of nitrogens with two attached hydrogens (primary N) is 1. The van der Waals surface area contributed by atoms with Crippen molar-refractivity contribution in [2.45, 2.75) is 32.3 Å². The molecule has 0 bridgehead atoms. The van der Waals surface area contributed by atoms with Crippen LogP contribution in [0.5, 0.6) is 0 Å². The molecule has 4 N–H and O–H groups in total. The van der Waals surface area contributed by atoms with Crippen molar-refractivity contribution < 1.29 is 9.84 Å². The minimum Gasteiger partial charge on any atom is -0.371 e. The summed E-state index contributed by atoms with van der Waals surface area (Å²) in [5.41, 5.74) is 8.68. The van der Waals surface area contributed by atoms with Crippen molar-refractivity contribution in [1.82, 2.24) is 0 Å². The molecule has 4 nitrogen and oxygen atoms in total. The van der Waals surface area contributed by atoms with Crippen molar-refractivity contribution in [2.24, 2.45) is 5.73 Å². The molecule has 0 amide bonds. The number of fused-ring (bicyclic) bond motifs is 1. The Labute approximate surface area is 121 Å². The molecule has 0 aromatic heterocycles. The summed E-state index contributed by atoms with van der Waals surface area (Å²) in [6, 6.07) is 5.88. The molecule has 0 fully saturated rings. The van der Waals surface area contributed by atoms with Crippen LogP contribution in [0, 0.1) is 0 Å². The molecule has 0 aliphatic carbocycles. The van der Waals surface area contributed by atoms with Gasteiger partial charge < -0.3 is 20.9 Å². The number of anilines is 1. The number of allylic oxidation sites excluding steroid dienone is 1. The second-order valence-electron chi connectivity index (χ2n) is 4.60. The molecule has 2 unspecified atom stereocenters. The third-order valence-corrected chi connectivity index (χ3v) is 3.80. The van der Waals surface area contributed by atoms with Crippen molar-refractivity contribution in [3.8, 4) is 0 Å². The summed E-state index contributed by atoms with van der Waals surface area (Å²) in [5.74, 6) is 0. The van der Waals surface area contributed by atoms with E-state index in [1.165, 1.54) is 0 Å². The molecule has 1 aromatic rings. The van der Waals surface area contributed by atoms with Gasteiger partial charge in [-0.2, -0.15) is 0 Å². The van der Waals surface area contributed by atoms with E-state index in [0.29, 0.717) is 19.6 Å². The Bertz CT molecular complexity index is 477. The summed E-state index contributed by atoms with van der Waals surface area (Å²) in [4.78, 5) is 0. The highest BCUT2D eigenvalue weighted by Crippen LogP contribution is 2.27. The van der Waals surface area contributed by atoms with E-state index in [1.807, 2.05) is 31.2 Å². The Kier molecular flexibility index (Phi) is 4.99. The van der Waals surface area contributed by atoms with Gasteiger partial charge in [0.05, 0.1) is 6.61 Å². The zero-order valence-electron chi connectivity index (χ0n) is 10.9. The predicted octanol–water partition coefficient (Wildman–Crippen LogP) is 2.37. The highest BCUT2D eigenvalue weighted by molar-refractivity contribution is 9.10. The molecule has 5 heteroatoms. The van der Waals surface area contributed by atoms with Crippen molar-refractivity contribution in [2.75, 3.05) is 11.9 Å². The normalized spacial score (nSPS) is 23.5. The zero-order valence-corrected chi connectivity index (χ0v) is 12.5. The maximum absolute atomic E-state index is 10.2. The van der Waals surface area contributed by atoms with Gasteiger partial charge in [0.1, 0.15) is 6.10 Å². The van der Waals surface area contributed by atoms with Gasteiger partial charge >= 0.3 is 0 Å². The summed E-state index contributed by atoms with van der Waals surface area (Å²) in [5, 5.41) is 13.3. The van der Waals surface area contributed by atoms with E-state index in [-0.39, 0.29) is 6.10 Å². The largest absolute Gasteiger partial charge is 0.371 e. The molecular weight excluding hydrogens is 308 g/mol. The molecule has 1 aromatic carbocycles. The number of hydrogen-bond acceptors (Lipinski definition) is 4. The number of aliphatic hydroxyl groups is 1. The number of ether oxygens (including phenoxy) is 1. The third kappa shape index (κ3) is 3.57. The molecular formula is C14H19BrN2O2. The Morgan fingerprint density at radius 2 is 2.42 bits per heavy atom. The quantitative estimate of drug-likeness (QED) is 0.746. The molecule has 104 valence electrons. The summed E-state index contributed by atoms with van der Waals surface area (Å²) in [6.07, 6.45) is 1.59. The number of rotatable bonds is 3. The van der Waals surface area contributed by atoms with E-state index in [9.17, 15) is 5.11 Å². The SMILES string of the molecule is C/C=C(/CN)CC1OCc2cc(Br)ccc2NC1O. The second kappa shape index (κ2) is 6.52. The van der Waals surface area contributed by atoms with E-state index in [4.69, 9.17) is 10.5 Å². The number of aliphatic hydroxyl groups excluding tert-OH is 1. The fourth-order valence-corrected chi connectivity index (χ4v) is 2.52. The van der Waals surface area contributed by atoms with Crippen LogP contribution in [-0.4, -0.2) is 24.0 Å². The first-order valence-electron chi connectivity index (χ1n) is 6.32. The van der Waals surface area contributed by atoms with E-state index in [1.54, 1.807) is 0 Å². The van der Waals surface area contributed by atoms with Crippen LogP contribution in [-0.2, 0) is 11.3 Å². The summed E-state index contributed by atoms with van der Waals surface area (Å²) < 4.78 is 6.80. The van der Waals surface area contributed by atoms with E-state index >= 15 is 0 Å². The Balaban J connectivity index is 2.13. The number of nitrogens with one attached hydrogen (secondary N) is 1. The van der Waals surface area contributed by atoms with Crippen LogP contribution < -0.4 is 11.1 Å². The summed E-state index contributed by atoms with van der Waals surface area (Å²) >= 11 is 3.44. The minimum atomic E-state index is -0.732. The Hall–Kier alpha value is -0.880. The van der Waals surface area contributed by atoms with Gasteiger partial charge in [-0.1, -0.05) is 27.6 Å². The Morgan fingerprint density at radius 1 is 1.63 bits per heavy atom. The molecule has 19 heavy (non-hydrogen) atoms. The first-order chi connectivity index (χ1) is 9.13. The van der Waals surface area contributed by atoms with Crippen LogP contribution in [0.2, 0.25) is 0 Å². The van der Waals surface area contributed by atoms with Crippen LogP contribution in [0.25, 0.3) is 0 Å². The molecule has 1 aliphatic heterocycles. The first-order valence-corrected chi connectivity index (χ1v) is 7.12. The van der Waals surface area contributed by atoms with Gasteiger partial charge in [0.2, 0.25) is 0 Å². The van der Waals surface area contributed by atoms with E-state index in [2.05, 4.69) is 21.2 Å². The van der Waals surface area contributed by atoms with Crippen LogP contribution in [0.3, 0.4) is 0 Å². The number of benzene rings is 1. The maximum atomic E-state index is 10.2. The topological polar surface area (TPSA) is 67.5 Å². The van der Waals surface area contributed by atoms with Gasteiger partial charge in [-0.25, -0.2) is 0 Å². The van der Waals surface area contributed by atoms with Crippen LogP contribution in [0.4, 0.5) is 5.69 Å². The summed E-state index contributed by atoms with van der Waals surface area (Å²) in [6.45, 7) is 2.91. The van der Waals surface area contributed by atoms with Gasteiger partial charge in [0.15, 0.2) is 6.23 Å². The third-order valence-electron chi connectivity index (χ3n) is 3.31. The van der Waals surface area contributed by atoms with E-state index in [0.717, 1.165) is 21.3 Å². The molecule has 0 radical (unpaired) electrons. The molecule has 1 heterocycles. The fourth-order valence-electron chi connectivity index (χ4n) is 2.11. The molecule has 1 aliphatic rings. The van der Waals surface area contributed by atoms with Gasteiger partial charge in [-0.15, -0.1) is 0 Å². The zero-order chi connectivity index (χ0) is 13.8. The monoisotopic (exact) mass is 326 g/mol. The van der Waals surface area contributed by atoms with Gasteiger partial charge in [-0.3, -0.25) is 0 Å². The molecule has 0 saturated carbocycles. The van der Waals surface area contributed by atoms with Crippen molar-refractivity contribution in [3.05, 3.63) is 39.9 Å². The number of hydrogen-bond donors (Lipinski definition) is 3. The van der Waals surface area contributed by atoms with Crippen LogP contribution in [0.15, 0.2) is 34.3 Å². The lowest BCUT2D eigenvalue weighted by Crippen LogP contribution is -2.34. The lowest BCUT2D eigenvalue weighted by molar-refractivity contribution is -0.0287. The van der Waals surface area contributed by atoms with Gasteiger partial charge in [0, 0.05) is 28.7 Å². The van der Waals surface area contributed by atoms with Gasteiger partial charge in [0.25, 0.3) is 0 Å². The maximum Gasteiger partial charge on any atom is 0.151 e. The van der Waals surface area contributed by atoms with Crippen LogP contribution >= 0.6 is 15.9 Å². The average Bonchev–Trinajstić information content (AvgIpc) is 2.55. The first kappa shape index (κ1) is 14.5. The van der Waals surface area contributed by atoms with Crippen molar-refractivity contribution >= 4 is 21.6 Å². The Morgan fingerprint density at radius 3 is 3.11 bits per heavy atom. The lowest BCUT2D eigenvalue weighted by Gasteiger charge is -2.22. The smallest absolute Gasteiger partial charge is 0.151 e. The van der Waals surface area contributed by atoms with Gasteiger partial charge in [-0.05, 0) is 25.1 Å². The molecule has 2 atom stereocenters. The molecule has 2 rings (SSSR count). The molecule has 0 spiro atoms. The standard InChI is InChI=1S/C14H19BrN2O2/c1-2-9(7-16)5-13-14(18)17-12-4-3-11(15)6-10(12)8-19-13/h2-4,6,13-14,17-18H,5,7-8,16H2,1H3/b9-2+. The molecule has 0 saturated heterocycles. The lowest BCUT2D eigenvalue weighted by atomic mass is 10.1. The fraction of sp³-hybridized carbons (Fsp3) is 0.429. The van der Waals surface area contributed by atoms with E-state index < -0.39 is 6.23 Å². The second-order valence-corrected chi connectivity index (χ2v) is 5.51. The average molecular weight is 327 g/mol. The number of halogens is 1.